The van der Waals surface area contributed by atoms with Crippen molar-refractivity contribution >= 4 is 20.2 Å². The molecular weight excluding hydrogens is 377 g/mol. The summed E-state index contributed by atoms with van der Waals surface area (Å²) in [5.74, 6) is -1.03. The molecule has 12 heteroatoms. The Bertz CT molecular complexity index is 791. The van der Waals surface area contributed by atoms with E-state index in [1.807, 2.05) is 0 Å². The van der Waals surface area contributed by atoms with Crippen molar-refractivity contribution in [3.05, 3.63) is 35.8 Å². The highest BCUT2D eigenvalue weighted by atomic mass is 32.2. The molecule has 1 aliphatic heterocycles. The summed E-state index contributed by atoms with van der Waals surface area (Å²) in [6, 6.07) is 0. The van der Waals surface area contributed by atoms with E-state index in [0.29, 0.717) is 0 Å². The Morgan fingerprint density at radius 2 is 1.92 bits per heavy atom. The van der Waals surface area contributed by atoms with E-state index in [2.05, 4.69) is 8.37 Å². The number of fused-ring (bicyclic) bond motifs is 1. The predicted molar refractivity (Wildman–Crippen MR) is 75.1 cm³/mol. The smallest absolute Gasteiger partial charge is 0.490 e. The van der Waals surface area contributed by atoms with Crippen molar-refractivity contribution in [3.8, 4) is 0 Å². The summed E-state index contributed by atoms with van der Waals surface area (Å²) in [6.07, 6.45) is 5.48. The highest BCUT2D eigenvalue weighted by molar-refractivity contribution is 7.87. The predicted octanol–water partition coefficient (Wildman–Crippen LogP) is 1.57. The number of halogens is 3. The number of ether oxygens (including phenoxy) is 1. The molecule has 0 amide bonds. The average molecular weight is 390 g/mol. The van der Waals surface area contributed by atoms with E-state index in [0.717, 1.165) is 12.3 Å². The first-order valence-electron chi connectivity index (χ1n) is 6.50. The van der Waals surface area contributed by atoms with Crippen LogP contribution in [0.25, 0.3) is 0 Å². The van der Waals surface area contributed by atoms with Gasteiger partial charge in [0.15, 0.2) is 0 Å². The summed E-state index contributed by atoms with van der Waals surface area (Å²) < 4.78 is 95.3. The molecule has 0 aromatic heterocycles. The van der Waals surface area contributed by atoms with Crippen molar-refractivity contribution in [1.29, 1.82) is 0 Å². The summed E-state index contributed by atoms with van der Waals surface area (Å²) in [5, 5.41) is 0. The van der Waals surface area contributed by atoms with Crippen molar-refractivity contribution in [3.63, 3.8) is 0 Å². The fourth-order valence-corrected chi connectivity index (χ4v) is 2.95. The summed E-state index contributed by atoms with van der Waals surface area (Å²) in [7, 11) is -9.41. The SMILES string of the molecule is CS(=O)(=O)OCCC1=CC2C(OS(=O)(=O)C(F)(F)F)=CC=CC2O1. The summed E-state index contributed by atoms with van der Waals surface area (Å²) in [4.78, 5) is 0. The molecule has 24 heavy (non-hydrogen) atoms. The zero-order valence-corrected chi connectivity index (χ0v) is 13.8. The number of hydrogen-bond donors (Lipinski definition) is 0. The molecule has 7 nitrogen and oxygen atoms in total. The maximum absolute atomic E-state index is 12.4. The van der Waals surface area contributed by atoms with Crippen LogP contribution in [0, 0.1) is 5.92 Å². The third kappa shape index (κ3) is 4.51. The molecule has 2 atom stereocenters. The molecule has 0 fully saturated rings. The van der Waals surface area contributed by atoms with Crippen LogP contribution in [0.15, 0.2) is 35.8 Å². The first kappa shape index (κ1) is 18.8. The van der Waals surface area contributed by atoms with Crippen molar-refractivity contribution in [2.24, 2.45) is 5.92 Å². The van der Waals surface area contributed by atoms with Gasteiger partial charge in [0, 0.05) is 6.42 Å². The number of hydrogen-bond acceptors (Lipinski definition) is 7. The minimum absolute atomic E-state index is 0.0488. The van der Waals surface area contributed by atoms with Gasteiger partial charge in [0.25, 0.3) is 10.1 Å². The van der Waals surface area contributed by atoms with Gasteiger partial charge < -0.3 is 8.92 Å². The minimum atomic E-state index is -5.78. The average Bonchev–Trinajstić information content (AvgIpc) is 2.79. The Balaban J connectivity index is 2.08. The van der Waals surface area contributed by atoms with Crippen molar-refractivity contribution < 1.29 is 43.1 Å². The Hall–Kier alpha value is -1.53. The number of alkyl halides is 3. The molecule has 2 rings (SSSR count). The zero-order chi connectivity index (χ0) is 18.2. The van der Waals surface area contributed by atoms with E-state index in [1.54, 1.807) is 0 Å². The van der Waals surface area contributed by atoms with E-state index in [-0.39, 0.29) is 18.8 Å². The zero-order valence-electron chi connectivity index (χ0n) is 12.2. The molecule has 1 aliphatic carbocycles. The van der Waals surface area contributed by atoms with Gasteiger partial charge in [-0.2, -0.15) is 30.0 Å². The van der Waals surface area contributed by atoms with Gasteiger partial charge in [-0.15, -0.1) is 0 Å². The van der Waals surface area contributed by atoms with Gasteiger partial charge in [0.2, 0.25) is 0 Å². The van der Waals surface area contributed by atoms with Crippen LogP contribution >= 0.6 is 0 Å². The molecule has 2 unspecified atom stereocenters. The molecule has 0 aromatic rings. The van der Waals surface area contributed by atoms with Crippen LogP contribution in [0.3, 0.4) is 0 Å². The molecule has 2 aliphatic rings. The lowest BCUT2D eigenvalue weighted by Gasteiger charge is -2.22. The molecule has 0 saturated carbocycles. The molecule has 0 bridgehead atoms. The maximum Gasteiger partial charge on any atom is 0.534 e. The molecule has 0 aromatic carbocycles. The van der Waals surface area contributed by atoms with Crippen LogP contribution in [0.2, 0.25) is 0 Å². The largest absolute Gasteiger partial charge is 0.534 e. The van der Waals surface area contributed by atoms with Crippen LogP contribution in [0.5, 0.6) is 0 Å². The fraction of sp³-hybridized carbons (Fsp3) is 0.500. The Kier molecular flexibility index (Phi) is 5.02. The first-order valence-corrected chi connectivity index (χ1v) is 9.72. The lowest BCUT2D eigenvalue weighted by atomic mass is 9.97. The highest BCUT2D eigenvalue weighted by Gasteiger charge is 2.50. The monoisotopic (exact) mass is 390 g/mol. The molecule has 0 N–H and O–H groups in total. The Morgan fingerprint density at radius 3 is 2.50 bits per heavy atom. The van der Waals surface area contributed by atoms with Gasteiger partial charge in [-0.1, -0.05) is 6.08 Å². The van der Waals surface area contributed by atoms with Crippen LogP contribution in [0.4, 0.5) is 13.2 Å². The fourth-order valence-electron chi connectivity index (χ4n) is 2.05. The molecule has 136 valence electrons. The lowest BCUT2D eigenvalue weighted by Crippen LogP contribution is -2.29. The molecule has 0 radical (unpaired) electrons. The molecule has 0 spiro atoms. The van der Waals surface area contributed by atoms with Gasteiger partial charge in [-0.3, -0.25) is 4.18 Å². The molecular formula is C12H13F3O7S2. The van der Waals surface area contributed by atoms with E-state index in [9.17, 15) is 30.0 Å². The first-order chi connectivity index (χ1) is 10.9. The van der Waals surface area contributed by atoms with Crippen molar-refractivity contribution in [2.75, 3.05) is 12.9 Å². The topological polar surface area (TPSA) is 96.0 Å². The third-order valence-corrected chi connectivity index (χ3v) is 4.61. The van der Waals surface area contributed by atoms with Crippen LogP contribution in [-0.2, 0) is 33.3 Å². The standard InChI is InChI=1S/C12H13F3O7S2/c1-23(16,17)20-6-5-8-7-9-10(21-8)3-2-4-11(9)22-24(18,19)12(13,14)15/h2-4,7,9-10H,5-6H2,1H3. The lowest BCUT2D eigenvalue weighted by molar-refractivity contribution is -0.0528. The normalized spacial score (nSPS) is 24.0. The second kappa shape index (κ2) is 6.41. The second-order valence-corrected chi connectivity index (χ2v) is 8.14. The summed E-state index contributed by atoms with van der Waals surface area (Å²) >= 11 is 0. The molecule has 0 saturated heterocycles. The second-order valence-electron chi connectivity index (χ2n) is 4.95. The Morgan fingerprint density at radius 1 is 1.25 bits per heavy atom. The van der Waals surface area contributed by atoms with Crippen molar-refractivity contribution in [1.82, 2.24) is 0 Å². The summed E-state index contributed by atoms with van der Waals surface area (Å²) in [5.41, 5.74) is -5.54. The highest BCUT2D eigenvalue weighted by Crippen LogP contribution is 2.37. The quantitative estimate of drug-likeness (QED) is 0.502. The van der Waals surface area contributed by atoms with Crippen LogP contribution in [0.1, 0.15) is 6.42 Å². The van der Waals surface area contributed by atoms with Gasteiger partial charge >= 0.3 is 15.6 Å². The van der Waals surface area contributed by atoms with E-state index >= 15 is 0 Å². The van der Waals surface area contributed by atoms with Gasteiger partial charge in [0.1, 0.15) is 11.9 Å². The van der Waals surface area contributed by atoms with Crippen LogP contribution in [-0.4, -0.2) is 41.3 Å². The maximum atomic E-state index is 12.4. The van der Waals surface area contributed by atoms with Gasteiger partial charge in [-0.25, -0.2) is 0 Å². The van der Waals surface area contributed by atoms with E-state index < -0.39 is 43.5 Å². The summed E-state index contributed by atoms with van der Waals surface area (Å²) in [6.45, 7) is -0.214. The van der Waals surface area contributed by atoms with Crippen molar-refractivity contribution in [2.45, 2.75) is 18.0 Å². The van der Waals surface area contributed by atoms with E-state index in [4.69, 9.17) is 4.74 Å². The number of rotatable bonds is 6. The third-order valence-electron chi connectivity index (χ3n) is 3.03. The van der Waals surface area contributed by atoms with Crippen LogP contribution < -0.4 is 0 Å². The number of allylic oxidation sites excluding steroid dienone is 2. The van der Waals surface area contributed by atoms with Gasteiger partial charge in [-0.05, 0) is 18.2 Å². The van der Waals surface area contributed by atoms with E-state index in [1.165, 1.54) is 18.2 Å². The minimum Gasteiger partial charge on any atom is -0.490 e. The van der Waals surface area contributed by atoms with Gasteiger partial charge in [0.05, 0.1) is 24.5 Å². The molecule has 1 heterocycles. The Labute approximate surface area is 136 Å².